The third-order valence-electron chi connectivity index (χ3n) is 4.63. The fraction of sp³-hybridized carbons (Fsp3) is 0.143. The zero-order valence-electron chi connectivity index (χ0n) is 12.7. The molecule has 0 aromatic heterocycles. The Balaban J connectivity index is 2.51. The van der Waals surface area contributed by atoms with Gasteiger partial charge < -0.3 is 0 Å². The first kappa shape index (κ1) is 12.4. The summed E-state index contributed by atoms with van der Waals surface area (Å²) in [4.78, 5) is 0. The van der Waals surface area contributed by atoms with Crippen molar-refractivity contribution in [1.29, 1.82) is 0 Å². The van der Waals surface area contributed by atoms with Gasteiger partial charge in [0.2, 0.25) is 0 Å². The van der Waals surface area contributed by atoms with E-state index in [1.807, 2.05) is 0 Å². The molecule has 0 heterocycles. The number of hydrogen-bond acceptors (Lipinski definition) is 0. The Morgan fingerprint density at radius 3 is 1.38 bits per heavy atom. The molecule has 0 nitrogen and oxygen atoms in total. The molecular weight excluding hydrogens is 252 g/mol. The monoisotopic (exact) mass is 270 g/mol. The van der Waals surface area contributed by atoms with Crippen LogP contribution in [0.2, 0.25) is 0 Å². The van der Waals surface area contributed by atoms with E-state index in [0.717, 1.165) is 0 Å². The number of aryl methyl sites for hydroxylation is 3. The first-order chi connectivity index (χ1) is 10.2. The van der Waals surface area contributed by atoms with Crippen LogP contribution in [-0.4, -0.2) is 0 Å². The highest BCUT2D eigenvalue weighted by Crippen LogP contribution is 2.39. The molecule has 0 fully saturated rings. The van der Waals surface area contributed by atoms with Crippen LogP contribution in [0.3, 0.4) is 0 Å². The molecule has 0 atom stereocenters. The molecule has 4 rings (SSSR count). The first-order valence-corrected chi connectivity index (χ1v) is 7.48. The van der Waals surface area contributed by atoms with E-state index < -0.39 is 0 Å². The molecule has 0 radical (unpaired) electrons. The molecule has 102 valence electrons. The number of hydrogen-bond donors (Lipinski definition) is 0. The van der Waals surface area contributed by atoms with E-state index in [9.17, 15) is 0 Å². The van der Waals surface area contributed by atoms with Crippen molar-refractivity contribution < 1.29 is 0 Å². The normalized spacial score (nSPS) is 11.6. The second-order valence-corrected chi connectivity index (χ2v) is 5.99. The van der Waals surface area contributed by atoms with Crippen molar-refractivity contribution >= 4 is 32.3 Å². The lowest BCUT2D eigenvalue weighted by molar-refractivity contribution is 1.50. The van der Waals surface area contributed by atoms with E-state index in [1.165, 1.54) is 49.0 Å². The van der Waals surface area contributed by atoms with Gasteiger partial charge in [-0.05, 0) is 69.8 Å². The summed E-state index contributed by atoms with van der Waals surface area (Å²) in [6, 6.07) is 19.9. The van der Waals surface area contributed by atoms with E-state index in [1.54, 1.807) is 0 Å². The van der Waals surface area contributed by atoms with Crippen molar-refractivity contribution in [2.75, 3.05) is 0 Å². The Labute approximate surface area is 125 Å². The van der Waals surface area contributed by atoms with Crippen LogP contribution in [0, 0.1) is 20.8 Å². The van der Waals surface area contributed by atoms with Crippen molar-refractivity contribution in [2.24, 2.45) is 0 Å². The van der Waals surface area contributed by atoms with Crippen LogP contribution in [0.15, 0.2) is 54.6 Å². The van der Waals surface area contributed by atoms with Crippen LogP contribution in [0.4, 0.5) is 0 Å². The summed E-state index contributed by atoms with van der Waals surface area (Å²) in [7, 11) is 0. The van der Waals surface area contributed by atoms with Crippen LogP contribution in [0.5, 0.6) is 0 Å². The van der Waals surface area contributed by atoms with Crippen LogP contribution >= 0.6 is 0 Å². The lowest BCUT2D eigenvalue weighted by Crippen LogP contribution is -1.89. The summed E-state index contributed by atoms with van der Waals surface area (Å²) in [6.45, 7) is 6.65. The van der Waals surface area contributed by atoms with Gasteiger partial charge in [-0.1, -0.05) is 54.6 Å². The molecular formula is C21H18. The summed E-state index contributed by atoms with van der Waals surface area (Å²) in [5.74, 6) is 0. The van der Waals surface area contributed by atoms with E-state index in [2.05, 4.69) is 75.4 Å². The Morgan fingerprint density at radius 1 is 0.429 bits per heavy atom. The Hall–Kier alpha value is -2.34. The van der Waals surface area contributed by atoms with Gasteiger partial charge >= 0.3 is 0 Å². The third-order valence-corrected chi connectivity index (χ3v) is 4.63. The van der Waals surface area contributed by atoms with Crippen LogP contribution < -0.4 is 0 Å². The molecule has 0 saturated heterocycles. The van der Waals surface area contributed by atoms with Gasteiger partial charge in [0.25, 0.3) is 0 Å². The molecule has 21 heavy (non-hydrogen) atoms. The predicted molar refractivity (Wildman–Crippen MR) is 93.2 cm³/mol. The standard InChI is InChI=1S/C21H18/c1-13-7-4-10-16-17-11-5-8-14(2)20(17)21-15(3)9-6-12-18(21)19(13)16/h4-12H,1-3H3. The summed E-state index contributed by atoms with van der Waals surface area (Å²) in [6.07, 6.45) is 0. The molecule has 0 saturated carbocycles. The molecule has 0 bridgehead atoms. The van der Waals surface area contributed by atoms with Gasteiger partial charge in [-0.2, -0.15) is 0 Å². The Kier molecular flexibility index (Phi) is 2.56. The van der Waals surface area contributed by atoms with Gasteiger partial charge in [-0.25, -0.2) is 0 Å². The number of benzene rings is 4. The first-order valence-electron chi connectivity index (χ1n) is 7.48. The van der Waals surface area contributed by atoms with Gasteiger partial charge in [0.15, 0.2) is 0 Å². The van der Waals surface area contributed by atoms with Gasteiger partial charge in [0.1, 0.15) is 0 Å². The summed E-state index contributed by atoms with van der Waals surface area (Å²) in [5, 5.41) is 8.33. The lowest BCUT2D eigenvalue weighted by Gasteiger charge is -2.15. The summed E-state index contributed by atoms with van der Waals surface area (Å²) >= 11 is 0. The average Bonchev–Trinajstić information content (AvgIpc) is 2.48. The third kappa shape index (κ3) is 1.62. The highest BCUT2D eigenvalue weighted by molar-refractivity contribution is 6.27. The molecule has 0 N–H and O–H groups in total. The summed E-state index contributed by atoms with van der Waals surface area (Å²) < 4.78 is 0. The van der Waals surface area contributed by atoms with Gasteiger partial charge in [-0.15, -0.1) is 0 Å². The maximum absolute atomic E-state index is 2.27. The Bertz CT molecular complexity index is 1010. The van der Waals surface area contributed by atoms with Gasteiger partial charge in [0.05, 0.1) is 0 Å². The van der Waals surface area contributed by atoms with Gasteiger partial charge in [-0.3, -0.25) is 0 Å². The SMILES string of the molecule is Cc1cccc2c3cccc(C)c3c3c(C)cccc3c12. The molecule has 0 heteroatoms. The highest BCUT2D eigenvalue weighted by Gasteiger charge is 2.12. The molecule has 4 aromatic carbocycles. The van der Waals surface area contributed by atoms with Crippen LogP contribution in [0.25, 0.3) is 32.3 Å². The smallest absolute Gasteiger partial charge is 0.00669 e. The topological polar surface area (TPSA) is 0 Å². The number of rotatable bonds is 0. The highest BCUT2D eigenvalue weighted by atomic mass is 14.2. The minimum absolute atomic E-state index is 1.35. The predicted octanol–water partition coefficient (Wildman–Crippen LogP) is 6.07. The lowest BCUT2D eigenvalue weighted by atomic mass is 9.88. The minimum Gasteiger partial charge on any atom is -0.0613 e. The minimum atomic E-state index is 1.35. The molecule has 0 aliphatic rings. The fourth-order valence-corrected chi connectivity index (χ4v) is 3.68. The molecule has 0 spiro atoms. The van der Waals surface area contributed by atoms with Crippen molar-refractivity contribution in [3.63, 3.8) is 0 Å². The van der Waals surface area contributed by atoms with Crippen molar-refractivity contribution in [3.8, 4) is 0 Å². The zero-order valence-corrected chi connectivity index (χ0v) is 12.7. The van der Waals surface area contributed by atoms with E-state index in [0.29, 0.717) is 0 Å². The Morgan fingerprint density at radius 2 is 0.810 bits per heavy atom. The maximum atomic E-state index is 2.27. The van der Waals surface area contributed by atoms with Crippen molar-refractivity contribution in [2.45, 2.75) is 20.8 Å². The number of fused-ring (bicyclic) bond motifs is 6. The zero-order chi connectivity index (χ0) is 14.6. The quantitative estimate of drug-likeness (QED) is 0.340. The molecule has 0 unspecified atom stereocenters. The molecule has 4 aromatic rings. The average molecular weight is 270 g/mol. The molecule has 0 aliphatic heterocycles. The second-order valence-electron chi connectivity index (χ2n) is 5.99. The van der Waals surface area contributed by atoms with Crippen LogP contribution in [0.1, 0.15) is 16.7 Å². The van der Waals surface area contributed by atoms with Crippen molar-refractivity contribution in [1.82, 2.24) is 0 Å². The van der Waals surface area contributed by atoms with E-state index >= 15 is 0 Å². The van der Waals surface area contributed by atoms with E-state index in [4.69, 9.17) is 0 Å². The van der Waals surface area contributed by atoms with Crippen molar-refractivity contribution in [3.05, 3.63) is 71.3 Å². The second kappa shape index (κ2) is 4.33. The largest absolute Gasteiger partial charge is 0.0613 e. The maximum Gasteiger partial charge on any atom is -0.00669 e. The summed E-state index contributed by atoms with van der Waals surface area (Å²) in [5.41, 5.74) is 4.07. The fourth-order valence-electron chi connectivity index (χ4n) is 3.68. The van der Waals surface area contributed by atoms with Gasteiger partial charge in [0, 0.05) is 0 Å². The van der Waals surface area contributed by atoms with Crippen LogP contribution in [-0.2, 0) is 0 Å². The van der Waals surface area contributed by atoms with E-state index in [-0.39, 0.29) is 0 Å². The molecule has 0 amide bonds. The molecule has 0 aliphatic carbocycles.